The van der Waals surface area contributed by atoms with Crippen LogP contribution in [-0.4, -0.2) is 10.8 Å². The fourth-order valence-electron chi connectivity index (χ4n) is 2.35. The summed E-state index contributed by atoms with van der Waals surface area (Å²) >= 11 is 0. The first-order valence-corrected chi connectivity index (χ1v) is 7.20. The third kappa shape index (κ3) is 3.63. The van der Waals surface area contributed by atoms with E-state index in [0.717, 1.165) is 23.6 Å². The van der Waals surface area contributed by atoms with Crippen molar-refractivity contribution in [2.24, 2.45) is 0 Å². The highest BCUT2D eigenvalue weighted by Gasteiger charge is 2.10. The first kappa shape index (κ1) is 13.7. The summed E-state index contributed by atoms with van der Waals surface area (Å²) in [6.07, 6.45) is 8.19. The Morgan fingerprint density at radius 2 is 1.84 bits per heavy atom. The molecule has 0 amide bonds. The molecular formula is C17H21NO. The Morgan fingerprint density at radius 3 is 2.68 bits per heavy atom. The first-order chi connectivity index (χ1) is 9.33. The van der Waals surface area contributed by atoms with Crippen LogP contribution in [0.25, 0.3) is 10.8 Å². The lowest BCUT2D eigenvalue weighted by atomic mass is 10.0. The zero-order chi connectivity index (χ0) is 13.5. The minimum Gasteiger partial charge on any atom is -0.292 e. The fourth-order valence-corrected chi connectivity index (χ4v) is 2.35. The summed E-state index contributed by atoms with van der Waals surface area (Å²) in [4.78, 5) is 16.5. The lowest BCUT2D eigenvalue weighted by molar-refractivity contribution is 0.0976. The molecule has 0 atom stereocenters. The standard InChI is InChI=1S/C17H21NO/c1-2-3-4-5-6-11-16(19)17-15-10-8-7-9-14(15)12-13-18-17/h7-10,12-13H,2-6,11H2,1H3. The Kier molecular flexibility index (Phi) is 5.08. The van der Waals surface area contributed by atoms with Crippen molar-refractivity contribution in [3.63, 3.8) is 0 Å². The van der Waals surface area contributed by atoms with E-state index >= 15 is 0 Å². The van der Waals surface area contributed by atoms with Gasteiger partial charge < -0.3 is 0 Å². The van der Waals surface area contributed by atoms with Crippen molar-refractivity contribution >= 4 is 16.6 Å². The van der Waals surface area contributed by atoms with E-state index in [0.29, 0.717) is 12.1 Å². The summed E-state index contributed by atoms with van der Waals surface area (Å²) in [5.74, 6) is 0.174. The number of hydrogen-bond donors (Lipinski definition) is 0. The molecule has 1 aromatic carbocycles. The molecule has 2 rings (SSSR count). The van der Waals surface area contributed by atoms with Gasteiger partial charge in [-0.3, -0.25) is 9.78 Å². The van der Waals surface area contributed by atoms with Crippen LogP contribution in [-0.2, 0) is 0 Å². The fraction of sp³-hybridized carbons (Fsp3) is 0.412. The summed E-state index contributed by atoms with van der Waals surface area (Å²) < 4.78 is 0. The topological polar surface area (TPSA) is 30.0 Å². The monoisotopic (exact) mass is 255 g/mol. The van der Waals surface area contributed by atoms with E-state index in [9.17, 15) is 4.79 Å². The molecule has 0 spiro atoms. The summed E-state index contributed by atoms with van der Waals surface area (Å²) in [6, 6.07) is 9.90. The van der Waals surface area contributed by atoms with E-state index in [2.05, 4.69) is 11.9 Å². The zero-order valence-electron chi connectivity index (χ0n) is 11.6. The number of carbonyl (C=O) groups excluding carboxylic acids is 1. The van der Waals surface area contributed by atoms with Crippen molar-refractivity contribution < 1.29 is 4.79 Å². The van der Waals surface area contributed by atoms with Gasteiger partial charge in [-0.1, -0.05) is 56.9 Å². The van der Waals surface area contributed by atoms with E-state index in [1.165, 1.54) is 19.3 Å². The molecule has 1 heterocycles. The summed E-state index contributed by atoms with van der Waals surface area (Å²) in [6.45, 7) is 2.20. The van der Waals surface area contributed by atoms with Gasteiger partial charge in [-0.15, -0.1) is 0 Å². The molecule has 0 radical (unpaired) electrons. The molecule has 1 aromatic heterocycles. The van der Waals surface area contributed by atoms with E-state index in [1.54, 1.807) is 6.20 Å². The van der Waals surface area contributed by atoms with Gasteiger partial charge in [-0.05, 0) is 17.9 Å². The normalized spacial score (nSPS) is 10.8. The largest absolute Gasteiger partial charge is 0.292 e. The summed E-state index contributed by atoms with van der Waals surface area (Å²) in [7, 11) is 0. The number of pyridine rings is 1. The maximum absolute atomic E-state index is 12.2. The van der Waals surface area contributed by atoms with Crippen LogP contribution in [0.1, 0.15) is 55.9 Å². The highest BCUT2D eigenvalue weighted by molar-refractivity contribution is 6.06. The van der Waals surface area contributed by atoms with Crippen molar-refractivity contribution in [2.75, 3.05) is 0 Å². The number of ketones is 1. The minimum atomic E-state index is 0.174. The number of nitrogens with zero attached hydrogens (tertiary/aromatic N) is 1. The number of rotatable bonds is 7. The second kappa shape index (κ2) is 7.03. The van der Waals surface area contributed by atoms with Gasteiger partial charge in [0.1, 0.15) is 5.69 Å². The van der Waals surface area contributed by atoms with Crippen molar-refractivity contribution in [3.05, 3.63) is 42.2 Å². The predicted molar refractivity (Wildman–Crippen MR) is 79.4 cm³/mol. The molecular weight excluding hydrogens is 234 g/mol. The predicted octanol–water partition coefficient (Wildman–Crippen LogP) is 4.78. The van der Waals surface area contributed by atoms with Gasteiger partial charge in [0.05, 0.1) is 0 Å². The molecule has 19 heavy (non-hydrogen) atoms. The van der Waals surface area contributed by atoms with Crippen molar-refractivity contribution in [1.82, 2.24) is 4.98 Å². The Hall–Kier alpha value is -1.70. The van der Waals surface area contributed by atoms with Crippen LogP contribution in [0.5, 0.6) is 0 Å². The molecule has 0 aliphatic heterocycles. The lowest BCUT2D eigenvalue weighted by Crippen LogP contribution is -2.03. The van der Waals surface area contributed by atoms with Crippen LogP contribution in [0, 0.1) is 0 Å². The second-order valence-corrected chi connectivity index (χ2v) is 4.97. The van der Waals surface area contributed by atoms with Gasteiger partial charge in [0.25, 0.3) is 0 Å². The van der Waals surface area contributed by atoms with Crippen LogP contribution in [0.4, 0.5) is 0 Å². The van der Waals surface area contributed by atoms with Crippen molar-refractivity contribution in [1.29, 1.82) is 0 Å². The van der Waals surface area contributed by atoms with Gasteiger partial charge in [-0.2, -0.15) is 0 Å². The van der Waals surface area contributed by atoms with Crippen molar-refractivity contribution in [3.8, 4) is 0 Å². The molecule has 0 saturated heterocycles. The van der Waals surface area contributed by atoms with Crippen LogP contribution < -0.4 is 0 Å². The van der Waals surface area contributed by atoms with E-state index < -0.39 is 0 Å². The average molecular weight is 255 g/mol. The Bertz CT molecular complexity index is 542. The van der Waals surface area contributed by atoms with Crippen LogP contribution in [0.15, 0.2) is 36.5 Å². The maximum atomic E-state index is 12.2. The molecule has 2 aromatic rings. The highest BCUT2D eigenvalue weighted by Crippen LogP contribution is 2.18. The number of carbonyl (C=O) groups is 1. The van der Waals surface area contributed by atoms with E-state index in [1.807, 2.05) is 30.3 Å². The minimum absolute atomic E-state index is 0.174. The SMILES string of the molecule is CCCCCCCC(=O)c1nccc2ccccc12. The third-order valence-corrected chi connectivity index (χ3v) is 3.45. The maximum Gasteiger partial charge on any atom is 0.181 e. The number of hydrogen-bond acceptors (Lipinski definition) is 2. The molecule has 2 nitrogen and oxygen atoms in total. The molecule has 0 fully saturated rings. The summed E-state index contributed by atoms with van der Waals surface area (Å²) in [5.41, 5.74) is 0.633. The molecule has 0 unspecified atom stereocenters. The number of aromatic nitrogens is 1. The zero-order valence-corrected chi connectivity index (χ0v) is 11.6. The van der Waals surface area contributed by atoms with Gasteiger partial charge in [0.2, 0.25) is 0 Å². The molecule has 0 aliphatic carbocycles. The second-order valence-electron chi connectivity index (χ2n) is 4.97. The molecule has 0 saturated carbocycles. The molecule has 100 valence electrons. The first-order valence-electron chi connectivity index (χ1n) is 7.20. The van der Waals surface area contributed by atoms with Gasteiger partial charge in [0, 0.05) is 18.0 Å². The van der Waals surface area contributed by atoms with Gasteiger partial charge in [-0.25, -0.2) is 0 Å². The highest BCUT2D eigenvalue weighted by atomic mass is 16.1. The molecule has 2 heteroatoms. The van der Waals surface area contributed by atoms with Crippen molar-refractivity contribution in [2.45, 2.75) is 45.4 Å². The van der Waals surface area contributed by atoms with Gasteiger partial charge >= 0.3 is 0 Å². The number of fused-ring (bicyclic) bond motifs is 1. The number of unbranched alkanes of at least 4 members (excludes halogenated alkanes) is 4. The quantitative estimate of drug-likeness (QED) is 0.526. The third-order valence-electron chi connectivity index (χ3n) is 3.45. The smallest absolute Gasteiger partial charge is 0.181 e. The molecule has 0 aliphatic rings. The van der Waals surface area contributed by atoms with Crippen LogP contribution >= 0.6 is 0 Å². The average Bonchev–Trinajstić information content (AvgIpc) is 2.46. The summed E-state index contributed by atoms with van der Waals surface area (Å²) in [5, 5.41) is 2.07. The van der Waals surface area contributed by atoms with E-state index in [4.69, 9.17) is 0 Å². The van der Waals surface area contributed by atoms with E-state index in [-0.39, 0.29) is 5.78 Å². The lowest BCUT2D eigenvalue weighted by Gasteiger charge is -2.04. The Labute approximate surface area is 114 Å². The Morgan fingerprint density at radius 1 is 1.05 bits per heavy atom. The molecule has 0 N–H and O–H groups in total. The Balaban J connectivity index is 2.01. The molecule has 0 bridgehead atoms. The van der Waals surface area contributed by atoms with Crippen LogP contribution in [0.2, 0.25) is 0 Å². The van der Waals surface area contributed by atoms with Gasteiger partial charge in [0.15, 0.2) is 5.78 Å². The number of benzene rings is 1. The number of Topliss-reactive ketones (excluding diaryl/α,β-unsaturated/α-hetero) is 1. The van der Waals surface area contributed by atoms with Crippen LogP contribution in [0.3, 0.4) is 0 Å².